The van der Waals surface area contributed by atoms with Gasteiger partial charge in [-0.25, -0.2) is 4.39 Å². The minimum Gasteiger partial charge on any atom is -0.391 e. The second kappa shape index (κ2) is 4.91. The maximum absolute atomic E-state index is 14.1. The lowest BCUT2D eigenvalue weighted by molar-refractivity contribution is -0.0363. The van der Waals surface area contributed by atoms with Crippen molar-refractivity contribution in [3.63, 3.8) is 0 Å². The summed E-state index contributed by atoms with van der Waals surface area (Å²) in [5.41, 5.74) is -0.389. The number of hydrogen-bond acceptors (Lipinski definition) is 4. The van der Waals surface area contributed by atoms with Crippen LogP contribution in [0.5, 0.6) is 0 Å². The molecule has 1 saturated heterocycles. The van der Waals surface area contributed by atoms with Crippen LogP contribution >= 0.6 is 12.6 Å². The first kappa shape index (κ1) is 14.7. The molecule has 3 nitrogen and oxygen atoms in total. The van der Waals surface area contributed by atoms with Gasteiger partial charge >= 0.3 is 5.92 Å². The van der Waals surface area contributed by atoms with Crippen molar-refractivity contribution in [3.8, 4) is 0 Å². The molecule has 2 unspecified atom stereocenters. The van der Waals surface area contributed by atoms with Gasteiger partial charge in [-0.3, -0.25) is 4.79 Å². The SMILES string of the molecule is O=C1c2c(S)ccc(N3CCCC(O)C3)c2C(F)C1(F)F. The number of Topliss-reactive ketones (excluding diaryl/α,β-unsaturated/α-hetero) is 1. The molecule has 1 aromatic carbocycles. The van der Waals surface area contributed by atoms with Crippen LogP contribution in [0.25, 0.3) is 0 Å². The van der Waals surface area contributed by atoms with Gasteiger partial charge in [-0.05, 0) is 25.0 Å². The predicted octanol–water partition coefficient (Wildman–Crippen LogP) is 2.78. The number of carbonyl (C=O) groups is 1. The van der Waals surface area contributed by atoms with Crippen LogP contribution < -0.4 is 4.90 Å². The lowest BCUT2D eigenvalue weighted by atomic mass is 10.0. The fraction of sp³-hybridized carbons (Fsp3) is 0.500. The van der Waals surface area contributed by atoms with Gasteiger partial charge in [-0.2, -0.15) is 8.78 Å². The molecule has 1 aliphatic heterocycles. The molecule has 2 atom stereocenters. The van der Waals surface area contributed by atoms with Crippen LogP contribution in [0.4, 0.5) is 18.9 Å². The maximum Gasteiger partial charge on any atom is 0.344 e. The van der Waals surface area contributed by atoms with Crippen LogP contribution in [0.1, 0.15) is 34.9 Å². The first-order chi connectivity index (χ1) is 9.84. The highest BCUT2D eigenvalue weighted by Gasteiger charge is 2.58. The molecule has 3 rings (SSSR count). The summed E-state index contributed by atoms with van der Waals surface area (Å²) in [5.74, 6) is -5.57. The minimum absolute atomic E-state index is 0.0520. The summed E-state index contributed by atoms with van der Waals surface area (Å²) in [5, 5.41) is 9.70. The number of fused-ring (bicyclic) bond motifs is 1. The molecule has 0 bridgehead atoms. The Balaban J connectivity index is 2.12. The van der Waals surface area contributed by atoms with Crippen LogP contribution in [0.15, 0.2) is 17.0 Å². The molecular formula is C14H14F3NO2S. The summed E-state index contributed by atoms with van der Waals surface area (Å²) in [6.45, 7) is 0.771. The topological polar surface area (TPSA) is 40.5 Å². The van der Waals surface area contributed by atoms with Gasteiger partial charge in [-0.15, -0.1) is 12.6 Å². The molecule has 0 spiro atoms. The first-order valence-electron chi connectivity index (χ1n) is 6.69. The summed E-state index contributed by atoms with van der Waals surface area (Å²) >= 11 is 4.01. The number of rotatable bonds is 1. The highest BCUT2D eigenvalue weighted by Crippen LogP contribution is 2.51. The number of aliphatic hydroxyl groups is 1. The fourth-order valence-electron chi connectivity index (χ4n) is 3.00. The summed E-state index contributed by atoms with van der Waals surface area (Å²) in [6.07, 6.45) is -1.95. The van der Waals surface area contributed by atoms with E-state index in [0.29, 0.717) is 19.4 Å². The van der Waals surface area contributed by atoms with Crippen LogP contribution in [0, 0.1) is 0 Å². The number of benzene rings is 1. The molecule has 2 aliphatic rings. The van der Waals surface area contributed by atoms with E-state index in [4.69, 9.17) is 0 Å². The molecule has 114 valence electrons. The standard InChI is InChI=1S/C14H14F3NO2S/c15-12-10-8(18-5-1-2-7(19)6-18)3-4-9(21)11(10)13(20)14(12,16)17/h3-4,7,12,19,21H,1-2,5-6H2. The average Bonchev–Trinajstić information content (AvgIpc) is 2.61. The van der Waals surface area contributed by atoms with Crippen molar-refractivity contribution in [1.29, 1.82) is 0 Å². The van der Waals surface area contributed by atoms with Crippen molar-refractivity contribution in [3.05, 3.63) is 23.3 Å². The Morgan fingerprint density at radius 1 is 1.38 bits per heavy atom. The number of ketones is 1. The zero-order valence-electron chi connectivity index (χ0n) is 11.0. The van der Waals surface area contributed by atoms with Crippen LogP contribution in [0.2, 0.25) is 0 Å². The normalized spacial score (nSPS) is 27.9. The third-order valence-corrected chi connectivity index (χ3v) is 4.41. The lowest BCUT2D eigenvalue weighted by Gasteiger charge is -2.33. The second-order valence-electron chi connectivity index (χ2n) is 5.45. The molecule has 21 heavy (non-hydrogen) atoms. The Hall–Kier alpha value is -1.21. The summed E-state index contributed by atoms with van der Waals surface area (Å²) in [4.78, 5) is 13.4. The molecule has 1 fully saturated rings. The third kappa shape index (κ3) is 2.14. The van der Waals surface area contributed by atoms with E-state index in [1.54, 1.807) is 4.90 Å². The minimum atomic E-state index is -4.05. The Labute approximate surface area is 125 Å². The molecule has 1 heterocycles. The zero-order chi connectivity index (χ0) is 15.4. The van der Waals surface area contributed by atoms with Crippen molar-refractivity contribution in [1.82, 2.24) is 0 Å². The monoisotopic (exact) mass is 317 g/mol. The van der Waals surface area contributed by atoms with Gasteiger partial charge in [0.25, 0.3) is 0 Å². The Morgan fingerprint density at radius 2 is 2.10 bits per heavy atom. The number of halogens is 3. The fourth-order valence-corrected chi connectivity index (χ4v) is 3.30. The van der Waals surface area contributed by atoms with Crippen LogP contribution in [-0.4, -0.2) is 36.0 Å². The average molecular weight is 317 g/mol. The first-order valence-corrected chi connectivity index (χ1v) is 7.14. The summed E-state index contributed by atoms with van der Waals surface area (Å²) in [7, 11) is 0. The van der Waals surface area contributed by atoms with E-state index in [1.165, 1.54) is 12.1 Å². The van der Waals surface area contributed by atoms with Crippen molar-refractivity contribution in [2.24, 2.45) is 0 Å². The largest absolute Gasteiger partial charge is 0.391 e. The molecule has 0 saturated carbocycles. The van der Waals surface area contributed by atoms with E-state index in [1.807, 2.05) is 0 Å². The number of aliphatic hydroxyl groups excluding tert-OH is 1. The number of thiol groups is 1. The highest BCUT2D eigenvalue weighted by atomic mass is 32.1. The zero-order valence-corrected chi connectivity index (χ0v) is 11.9. The molecule has 7 heteroatoms. The van der Waals surface area contributed by atoms with Crippen LogP contribution in [0.3, 0.4) is 0 Å². The second-order valence-corrected chi connectivity index (χ2v) is 5.93. The maximum atomic E-state index is 14.1. The van der Waals surface area contributed by atoms with Gasteiger partial charge in [0, 0.05) is 34.8 Å². The lowest BCUT2D eigenvalue weighted by Crippen LogP contribution is -2.39. The molecule has 1 aromatic rings. The number of β-amino-alcohol motifs (C(OH)–C–C–N with tert-alkyl or cyclic N) is 1. The van der Waals surface area contributed by atoms with Gasteiger partial charge in [0.15, 0.2) is 6.17 Å². The number of nitrogens with zero attached hydrogens (tertiary/aromatic N) is 1. The number of carbonyl (C=O) groups excluding carboxylic acids is 1. The number of piperidine rings is 1. The van der Waals surface area contributed by atoms with Gasteiger partial charge in [-0.1, -0.05) is 0 Å². The van der Waals surface area contributed by atoms with Gasteiger partial charge in [0.05, 0.1) is 6.10 Å². The number of alkyl halides is 3. The molecule has 0 radical (unpaired) electrons. The van der Waals surface area contributed by atoms with E-state index < -0.39 is 24.0 Å². The molecule has 0 amide bonds. The number of anilines is 1. The predicted molar refractivity (Wildman–Crippen MR) is 74.3 cm³/mol. The third-order valence-electron chi connectivity index (χ3n) is 4.04. The van der Waals surface area contributed by atoms with E-state index in [-0.39, 0.29) is 28.3 Å². The quantitative estimate of drug-likeness (QED) is 0.783. The van der Waals surface area contributed by atoms with E-state index in [0.717, 1.165) is 0 Å². The molecule has 1 aliphatic carbocycles. The Bertz CT molecular complexity index is 608. The number of hydrogen-bond donors (Lipinski definition) is 2. The summed E-state index contributed by atoms with van der Waals surface area (Å²) in [6, 6.07) is 2.91. The van der Waals surface area contributed by atoms with Gasteiger partial charge in [0.2, 0.25) is 5.78 Å². The Morgan fingerprint density at radius 3 is 2.76 bits per heavy atom. The van der Waals surface area contributed by atoms with Crippen molar-refractivity contribution >= 4 is 24.1 Å². The molecular weight excluding hydrogens is 303 g/mol. The van der Waals surface area contributed by atoms with Crippen LogP contribution in [-0.2, 0) is 0 Å². The highest BCUT2D eigenvalue weighted by molar-refractivity contribution is 7.80. The summed E-state index contributed by atoms with van der Waals surface area (Å²) < 4.78 is 41.5. The Kier molecular flexibility index (Phi) is 3.44. The van der Waals surface area contributed by atoms with Gasteiger partial charge in [0.1, 0.15) is 0 Å². The van der Waals surface area contributed by atoms with Gasteiger partial charge < -0.3 is 10.0 Å². The van der Waals surface area contributed by atoms with E-state index >= 15 is 0 Å². The molecule has 1 N–H and O–H groups in total. The van der Waals surface area contributed by atoms with E-state index in [9.17, 15) is 23.1 Å². The molecule has 0 aromatic heterocycles. The van der Waals surface area contributed by atoms with Crippen molar-refractivity contribution in [2.45, 2.75) is 35.9 Å². The van der Waals surface area contributed by atoms with Crippen molar-refractivity contribution < 1.29 is 23.1 Å². The smallest absolute Gasteiger partial charge is 0.344 e. The van der Waals surface area contributed by atoms with Crippen molar-refractivity contribution in [2.75, 3.05) is 18.0 Å². The van der Waals surface area contributed by atoms with E-state index in [2.05, 4.69) is 12.6 Å².